The molecule has 0 aliphatic carbocycles. The van der Waals surface area contributed by atoms with E-state index in [1.54, 1.807) is 0 Å². The normalized spacial score (nSPS) is 8.50. The van der Waals surface area contributed by atoms with Gasteiger partial charge in [-0.05, 0) is 0 Å². The Morgan fingerprint density at radius 1 is 0.708 bits per heavy atom. The van der Waals surface area contributed by atoms with Crippen molar-refractivity contribution in [2.45, 2.75) is 66.2 Å². The molecule has 2 rings (SSSR count). The monoisotopic (exact) mass is 426 g/mol. The standard InChI is InChI=1S/2C10H15.3ClH.V/c2*1-3-4-5-10-7-6-9(2)8-10;;;;/h2*6-8H,3-5H2,1-2H3;3*1H;/q2*-1;;;;/p-3. The molecule has 0 aromatic heterocycles. The van der Waals surface area contributed by atoms with Gasteiger partial charge in [-0.1, -0.05) is 66.2 Å². The van der Waals surface area contributed by atoms with Gasteiger partial charge in [0.1, 0.15) is 0 Å². The van der Waals surface area contributed by atoms with Gasteiger partial charge in [0, 0.05) is 18.6 Å². The summed E-state index contributed by atoms with van der Waals surface area (Å²) >= 11 is 0. The fourth-order valence-electron chi connectivity index (χ4n) is 2.33. The van der Waals surface area contributed by atoms with Crippen LogP contribution in [0.5, 0.6) is 0 Å². The number of hydrogen-bond acceptors (Lipinski definition) is 0. The number of unbranched alkanes of at least 4 members (excludes halogenated alkanes) is 2. The third-order valence-electron chi connectivity index (χ3n) is 3.58. The Labute approximate surface area is 180 Å². The zero-order chi connectivity index (χ0) is 14.8. The van der Waals surface area contributed by atoms with Gasteiger partial charge < -0.3 is 37.2 Å². The molecule has 0 unspecified atom stereocenters. The molecule has 0 fully saturated rings. The van der Waals surface area contributed by atoms with Crippen LogP contribution in [-0.2, 0) is 31.4 Å². The molecule has 0 spiro atoms. The van der Waals surface area contributed by atoms with Crippen molar-refractivity contribution in [3.8, 4) is 0 Å². The Morgan fingerprint density at radius 3 is 1.25 bits per heavy atom. The van der Waals surface area contributed by atoms with E-state index in [0.717, 1.165) is 0 Å². The maximum Gasteiger partial charge on any atom is 0 e. The minimum atomic E-state index is 0. The maximum atomic E-state index is 2.27. The summed E-state index contributed by atoms with van der Waals surface area (Å²) in [5, 5.41) is 0. The Hall–Kier alpha value is 0.154. The molecular weight excluding hydrogens is 398 g/mol. The van der Waals surface area contributed by atoms with Gasteiger partial charge in [-0.25, -0.2) is 12.1 Å². The van der Waals surface area contributed by atoms with Gasteiger partial charge in [0.05, 0.1) is 0 Å². The predicted molar refractivity (Wildman–Crippen MR) is 90.8 cm³/mol. The quantitative estimate of drug-likeness (QED) is 0.435. The minimum Gasteiger partial charge on any atom is -1.00 e. The maximum absolute atomic E-state index is 2.27. The Kier molecular flexibility index (Phi) is 25.9. The SMILES string of the molecule is CCCCc1cc[c-](C)c1.CCCCc1cc[c-](C)c1.[Cl-].[Cl-].[Cl-].[V]. The molecular formula is C20H30Cl3V-5. The van der Waals surface area contributed by atoms with Crippen molar-refractivity contribution >= 4 is 0 Å². The van der Waals surface area contributed by atoms with Crippen molar-refractivity contribution in [2.75, 3.05) is 0 Å². The van der Waals surface area contributed by atoms with E-state index in [0.29, 0.717) is 0 Å². The third-order valence-corrected chi connectivity index (χ3v) is 3.58. The number of hydrogen-bond donors (Lipinski definition) is 0. The molecule has 2 aromatic carbocycles. The van der Waals surface area contributed by atoms with Crippen LogP contribution in [0.1, 0.15) is 61.8 Å². The topological polar surface area (TPSA) is 0 Å². The molecule has 141 valence electrons. The average Bonchev–Trinajstić information content (AvgIpc) is 3.03. The van der Waals surface area contributed by atoms with E-state index >= 15 is 0 Å². The number of rotatable bonds is 6. The molecule has 0 atom stereocenters. The van der Waals surface area contributed by atoms with Crippen molar-refractivity contribution in [3.63, 3.8) is 0 Å². The minimum absolute atomic E-state index is 0. The van der Waals surface area contributed by atoms with Gasteiger partial charge in [-0.2, -0.15) is 46.5 Å². The fraction of sp³-hybridized carbons (Fsp3) is 0.500. The second-order valence-electron chi connectivity index (χ2n) is 5.80. The predicted octanol–water partition coefficient (Wildman–Crippen LogP) is -2.88. The van der Waals surface area contributed by atoms with E-state index in [4.69, 9.17) is 0 Å². The first kappa shape index (κ1) is 31.9. The Balaban J connectivity index is -0.000000143. The van der Waals surface area contributed by atoms with Crippen molar-refractivity contribution in [1.29, 1.82) is 0 Å². The zero-order valence-electron chi connectivity index (χ0n) is 15.3. The molecule has 0 aliphatic rings. The molecule has 0 aliphatic heterocycles. The molecule has 0 N–H and O–H groups in total. The van der Waals surface area contributed by atoms with Crippen molar-refractivity contribution in [1.82, 2.24) is 0 Å². The zero-order valence-corrected chi connectivity index (χ0v) is 19.0. The first-order chi connectivity index (χ1) is 9.65. The molecule has 0 saturated heterocycles. The summed E-state index contributed by atoms with van der Waals surface area (Å²) in [6.45, 7) is 8.76. The summed E-state index contributed by atoms with van der Waals surface area (Å²) < 4.78 is 0. The molecule has 24 heavy (non-hydrogen) atoms. The largest absolute Gasteiger partial charge is 1.00 e. The summed E-state index contributed by atoms with van der Waals surface area (Å²) in [6, 6.07) is 13.4. The van der Waals surface area contributed by atoms with Crippen LogP contribution in [0.25, 0.3) is 0 Å². The van der Waals surface area contributed by atoms with Crippen LogP contribution in [0.2, 0.25) is 0 Å². The third kappa shape index (κ3) is 14.5. The van der Waals surface area contributed by atoms with Crippen LogP contribution >= 0.6 is 0 Å². The second kappa shape index (κ2) is 19.5. The summed E-state index contributed by atoms with van der Waals surface area (Å²) in [5.74, 6) is 0. The summed E-state index contributed by atoms with van der Waals surface area (Å²) in [7, 11) is 0. The summed E-state index contributed by atoms with van der Waals surface area (Å²) in [4.78, 5) is 0. The molecule has 0 amide bonds. The molecule has 2 aromatic rings. The Bertz CT molecular complexity index is 430. The second-order valence-corrected chi connectivity index (χ2v) is 5.80. The summed E-state index contributed by atoms with van der Waals surface area (Å²) in [5.41, 5.74) is 5.79. The smallest absolute Gasteiger partial charge is 0 e. The number of aryl methyl sites for hydroxylation is 4. The molecule has 1 radical (unpaired) electrons. The van der Waals surface area contributed by atoms with Crippen LogP contribution < -0.4 is 37.2 Å². The van der Waals surface area contributed by atoms with Crippen LogP contribution in [0.3, 0.4) is 0 Å². The van der Waals surface area contributed by atoms with Crippen LogP contribution in [0.15, 0.2) is 36.4 Å². The van der Waals surface area contributed by atoms with Crippen molar-refractivity contribution in [2.24, 2.45) is 0 Å². The van der Waals surface area contributed by atoms with E-state index in [2.05, 4.69) is 64.1 Å². The fourth-order valence-corrected chi connectivity index (χ4v) is 2.33. The van der Waals surface area contributed by atoms with E-state index in [-0.39, 0.29) is 55.8 Å². The molecule has 4 heteroatoms. The Morgan fingerprint density at radius 2 is 1.04 bits per heavy atom. The average molecular weight is 428 g/mol. The van der Waals surface area contributed by atoms with E-state index in [1.165, 1.54) is 60.8 Å². The van der Waals surface area contributed by atoms with Gasteiger partial charge in [-0.15, -0.1) is 0 Å². The van der Waals surface area contributed by atoms with Crippen molar-refractivity contribution < 1.29 is 55.8 Å². The van der Waals surface area contributed by atoms with Gasteiger partial charge >= 0.3 is 0 Å². The van der Waals surface area contributed by atoms with Gasteiger partial charge in [-0.3, -0.25) is 0 Å². The number of halogens is 3. The van der Waals surface area contributed by atoms with E-state index < -0.39 is 0 Å². The molecule has 0 nitrogen and oxygen atoms in total. The first-order valence-corrected chi connectivity index (χ1v) is 8.10. The van der Waals surface area contributed by atoms with E-state index in [1.807, 2.05) is 0 Å². The van der Waals surface area contributed by atoms with Gasteiger partial charge in [0.2, 0.25) is 0 Å². The van der Waals surface area contributed by atoms with Crippen molar-refractivity contribution in [3.05, 3.63) is 58.7 Å². The molecule has 0 saturated carbocycles. The molecule has 0 bridgehead atoms. The van der Waals surface area contributed by atoms with Gasteiger partial charge in [0.15, 0.2) is 0 Å². The first-order valence-electron chi connectivity index (χ1n) is 8.10. The summed E-state index contributed by atoms with van der Waals surface area (Å²) in [6.07, 6.45) is 7.75. The van der Waals surface area contributed by atoms with Crippen LogP contribution in [-0.4, -0.2) is 0 Å². The van der Waals surface area contributed by atoms with Gasteiger partial charge in [0.25, 0.3) is 0 Å². The molecule has 0 heterocycles. The van der Waals surface area contributed by atoms with Crippen LogP contribution in [0, 0.1) is 13.8 Å². The van der Waals surface area contributed by atoms with Crippen LogP contribution in [0.4, 0.5) is 0 Å². The van der Waals surface area contributed by atoms with E-state index in [9.17, 15) is 0 Å².